The van der Waals surface area contributed by atoms with Gasteiger partial charge in [0.1, 0.15) is 10.7 Å². The molecule has 2 aromatic heterocycles. The van der Waals surface area contributed by atoms with Crippen molar-refractivity contribution < 1.29 is 18.7 Å². The first-order chi connectivity index (χ1) is 13.6. The Kier molecular flexibility index (Phi) is 3.80. The van der Waals surface area contributed by atoms with E-state index in [1.165, 1.54) is 23.5 Å². The molecule has 3 heterocycles. The van der Waals surface area contributed by atoms with Crippen LogP contribution >= 0.6 is 11.3 Å². The predicted molar refractivity (Wildman–Crippen MR) is 104 cm³/mol. The largest absolute Gasteiger partial charge is 0.454 e. The summed E-state index contributed by atoms with van der Waals surface area (Å²) >= 11 is 1.31. The average molecular weight is 395 g/mol. The number of carbonyl (C=O) groups excluding carboxylic acids is 1. The fourth-order valence-corrected chi connectivity index (χ4v) is 4.09. The number of carbonyl (C=O) groups is 1. The smallest absolute Gasteiger partial charge is 0.267 e. The van der Waals surface area contributed by atoms with Crippen molar-refractivity contribution in [1.29, 1.82) is 0 Å². The van der Waals surface area contributed by atoms with Gasteiger partial charge in [-0.1, -0.05) is 11.3 Å². The van der Waals surface area contributed by atoms with E-state index in [1.54, 1.807) is 30.3 Å². The number of benzene rings is 2. The van der Waals surface area contributed by atoms with Gasteiger partial charge in [0.15, 0.2) is 16.5 Å². The van der Waals surface area contributed by atoms with Crippen molar-refractivity contribution >= 4 is 27.9 Å². The number of rotatable bonds is 3. The molecule has 2 aromatic carbocycles. The minimum absolute atomic E-state index is 0.185. The lowest BCUT2D eigenvalue weighted by atomic mass is 10.2. The highest BCUT2D eigenvalue weighted by Gasteiger charge is 2.20. The van der Waals surface area contributed by atoms with Gasteiger partial charge in [-0.2, -0.15) is 0 Å². The molecule has 0 radical (unpaired) electrons. The average Bonchev–Trinajstić information content (AvgIpc) is 3.38. The number of halogens is 1. The third-order valence-electron chi connectivity index (χ3n) is 4.53. The first kappa shape index (κ1) is 16.8. The molecule has 1 N–H and O–H groups in total. The number of nitrogens with one attached hydrogen (secondary N) is 1. The van der Waals surface area contributed by atoms with Crippen molar-refractivity contribution in [1.82, 2.24) is 9.38 Å². The molecule has 140 valence electrons. The van der Waals surface area contributed by atoms with Crippen molar-refractivity contribution in [2.75, 3.05) is 12.1 Å². The maximum absolute atomic E-state index is 13.1. The molecule has 1 amide bonds. The van der Waals surface area contributed by atoms with Crippen LogP contribution in [0.1, 0.15) is 15.4 Å². The van der Waals surface area contributed by atoms with Crippen molar-refractivity contribution in [2.24, 2.45) is 0 Å². The van der Waals surface area contributed by atoms with Gasteiger partial charge in [-0.15, -0.1) is 0 Å². The zero-order valence-electron chi connectivity index (χ0n) is 14.7. The second kappa shape index (κ2) is 6.35. The Balaban J connectivity index is 1.43. The summed E-state index contributed by atoms with van der Waals surface area (Å²) in [5, 5.41) is 2.89. The van der Waals surface area contributed by atoms with Crippen LogP contribution in [0.25, 0.3) is 16.2 Å². The van der Waals surface area contributed by atoms with Gasteiger partial charge in [0, 0.05) is 29.2 Å². The molecule has 0 fully saturated rings. The third-order valence-corrected chi connectivity index (χ3v) is 5.69. The Morgan fingerprint density at radius 2 is 1.96 bits per heavy atom. The molecular weight excluding hydrogens is 381 g/mol. The molecule has 6 nitrogen and oxygen atoms in total. The second-order valence-corrected chi connectivity index (χ2v) is 7.30. The van der Waals surface area contributed by atoms with Crippen molar-refractivity contribution in [3.8, 4) is 22.8 Å². The number of aryl methyl sites for hydroxylation is 1. The Bertz CT molecular complexity index is 1210. The minimum atomic E-state index is -0.288. The molecule has 0 aliphatic carbocycles. The Hall–Kier alpha value is -3.39. The number of nitrogens with zero attached hydrogens (tertiary/aromatic N) is 2. The standard InChI is InChI=1S/C20H14FN3O3S/c1-11-18(19(25)22-14-6-7-16-17(8-14)27-10-26-16)28-20-23-15(9-24(11)20)12-2-4-13(21)5-3-12/h2-9H,10H2,1H3,(H,22,25). The first-order valence-corrected chi connectivity index (χ1v) is 9.35. The molecule has 0 saturated carbocycles. The van der Waals surface area contributed by atoms with Crippen molar-refractivity contribution in [3.63, 3.8) is 0 Å². The summed E-state index contributed by atoms with van der Waals surface area (Å²) in [7, 11) is 0. The van der Waals surface area contributed by atoms with Gasteiger partial charge in [0.05, 0.1) is 5.69 Å². The summed E-state index contributed by atoms with van der Waals surface area (Å²) in [5.41, 5.74) is 2.98. The molecule has 8 heteroatoms. The van der Waals surface area contributed by atoms with E-state index in [-0.39, 0.29) is 18.5 Å². The van der Waals surface area contributed by atoms with E-state index < -0.39 is 0 Å². The number of hydrogen-bond acceptors (Lipinski definition) is 5. The zero-order chi connectivity index (χ0) is 19.3. The Morgan fingerprint density at radius 1 is 1.18 bits per heavy atom. The predicted octanol–water partition coefficient (Wildman–Crippen LogP) is 4.49. The van der Waals surface area contributed by atoms with Crippen LogP contribution in [0, 0.1) is 12.7 Å². The fraction of sp³-hybridized carbons (Fsp3) is 0.100. The van der Waals surface area contributed by atoms with Gasteiger partial charge >= 0.3 is 0 Å². The number of imidazole rings is 1. The molecule has 1 aliphatic heterocycles. The highest BCUT2D eigenvalue weighted by atomic mass is 32.1. The lowest BCUT2D eigenvalue weighted by Crippen LogP contribution is -2.11. The van der Waals surface area contributed by atoms with Crippen LogP contribution in [0.15, 0.2) is 48.7 Å². The summed E-state index contributed by atoms with van der Waals surface area (Å²) < 4.78 is 25.6. The van der Waals surface area contributed by atoms with Gasteiger partial charge < -0.3 is 14.8 Å². The van der Waals surface area contributed by atoms with E-state index in [1.807, 2.05) is 17.5 Å². The van der Waals surface area contributed by atoms with E-state index in [4.69, 9.17) is 9.47 Å². The quantitative estimate of drug-likeness (QED) is 0.555. The number of amides is 1. The van der Waals surface area contributed by atoms with Crippen LogP contribution in [0.4, 0.5) is 10.1 Å². The van der Waals surface area contributed by atoms with Crippen LogP contribution in [-0.2, 0) is 0 Å². The molecule has 5 rings (SSSR count). The Labute approximate surface area is 163 Å². The summed E-state index contributed by atoms with van der Waals surface area (Å²) in [5.74, 6) is 0.773. The highest BCUT2D eigenvalue weighted by molar-refractivity contribution is 7.19. The summed E-state index contributed by atoms with van der Waals surface area (Å²) in [6.07, 6.45) is 1.85. The maximum Gasteiger partial charge on any atom is 0.267 e. The van der Waals surface area contributed by atoms with Gasteiger partial charge in [-0.3, -0.25) is 9.20 Å². The topological polar surface area (TPSA) is 64.9 Å². The number of hydrogen-bond donors (Lipinski definition) is 1. The van der Waals surface area contributed by atoms with E-state index >= 15 is 0 Å². The first-order valence-electron chi connectivity index (χ1n) is 8.54. The Morgan fingerprint density at radius 3 is 2.75 bits per heavy atom. The number of anilines is 1. The number of fused-ring (bicyclic) bond motifs is 2. The summed E-state index contributed by atoms with van der Waals surface area (Å²) in [6.45, 7) is 2.05. The minimum Gasteiger partial charge on any atom is -0.454 e. The number of aromatic nitrogens is 2. The van der Waals surface area contributed by atoms with E-state index in [0.29, 0.717) is 27.0 Å². The van der Waals surface area contributed by atoms with Gasteiger partial charge in [0.2, 0.25) is 6.79 Å². The molecular formula is C20H14FN3O3S. The molecule has 4 aromatic rings. The van der Waals surface area contributed by atoms with Crippen LogP contribution in [0.5, 0.6) is 11.5 Å². The molecule has 0 unspecified atom stereocenters. The molecule has 0 atom stereocenters. The lowest BCUT2D eigenvalue weighted by Gasteiger charge is -2.05. The van der Waals surface area contributed by atoms with Crippen LogP contribution < -0.4 is 14.8 Å². The summed E-state index contributed by atoms with van der Waals surface area (Å²) in [4.78, 5) is 18.6. The number of ether oxygens (including phenoxy) is 2. The number of thiazole rings is 1. The lowest BCUT2D eigenvalue weighted by molar-refractivity contribution is 0.102. The normalized spacial score (nSPS) is 12.5. The van der Waals surface area contributed by atoms with Crippen molar-refractivity contribution in [2.45, 2.75) is 6.92 Å². The maximum atomic E-state index is 13.1. The van der Waals surface area contributed by atoms with E-state index in [2.05, 4.69) is 10.3 Å². The monoisotopic (exact) mass is 395 g/mol. The second-order valence-electron chi connectivity index (χ2n) is 6.32. The molecule has 0 saturated heterocycles. The zero-order valence-corrected chi connectivity index (χ0v) is 15.5. The SMILES string of the molecule is Cc1c(C(=O)Nc2ccc3c(c2)OCO3)sc2nc(-c3ccc(F)cc3)cn12. The molecule has 0 spiro atoms. The van der Waals surface area contributed by atoms with Gasteiger partial charge in [0.25, 0.3) is 5.91 Å². The summed E-state index contributed by atoms with van der Waals surface area (Å²) in [6, 6.07) is 11.4. The van der Waals surface area contributed by atoms with Crippen LogP contribution in [0.3, 0.4) is 0 Å². The molecule has 28 heavy (non-hydrogen) atoms. The highest BCUT2D eigenvalue weighted by Crippen LogP contribution is 2.35. The van der Waals surface area contributed by atoms with E-state index in [9.17, 15) is 9.18 Å². The third kappa shape index (κ3) is 2.78. The van der Waals surface area contributed by atoms with E-state index in [0.717, 1.165) is 17.0 Å². The fourth-order valence-electron chi connectivity index (χ4n) is 3.08. The van der Waals surface area contributed by atoms with Crippen LogP contribution in [0.2, 0.25) is 0 Å². The molecule has 1 aliphatic rings. The molecule has 0 bridgehead atoms. The van der Waals surface area contributed by atoms with Crippen LogP contribution in [-0.4, -0.2) is 22.1 Å². The van der Waals surface area contributed by atoms with Crippen molar-refractivity contribution in [3.05, 3.63) is 65.0 Å². The van der Waals surface area contributed by atoms with Gasteiger partial charge in [-0.25, -0.2) is 9.37 Å². The van der Waals surface area contributed by atoms with Gasteiger partial charge in [-0.05, 0) is 43.3 Å².